The molecule has 0 aliphatic carbocycles. The molecule has 2 fully saturated rings. The molecule has 1 aromatic heterocycles. The molecule has 2 aliphatic rings. The molecule has 2 aromatic rings. The van der Waals surface area contributed by atoms with Gasteiger partial charge in [0.05, 0.1) is 13.2 Å². The fourth-order valence-electron chi connectivity index (χ4n) is 4.04. The van der Waals surface area contributed by atoms with E-state index >= 15 is 0 Å². The monoisotopic (exact) mass is 402 g/mol. The molecule has 2 saturated heterocycles. The molecule has 1 aromatic carbocycles. The van der Waals surface area contributed by atoms with Crippen LogP contribution in [0.15, 0.2) is 36.5 Å². The lowest BCUT2D eigenvalue weighted by molar-refractivity contribution is 0.0504. The van der Waals surface area contributed by atoms with Gasteiger partial charge in [-0.2, -0.15) is 0 Å². The van der Waals surface area contributed by atoms with Crippen LogP contribution in [0.4, 0.5) is 5.13 Å². The van der Waals surface area contributed by atoms with E-state index in [4.69, 9.17) is 4.74 Å². The Morgan fingerprint density at radius 2 is 1.89 bits per heavy atom. The smallest absolute Gasteiger partial charge is 0.185 e. The first-order valence-electron chi connectivity index (χ1n) is 10.2. The molecule has 0 saturated carbocycles. The number of benzene rings is 1. The van der Waals surface area contributed by atoms with E-state index in [9.17, 15) is 5.11 Å². The summed E-state index contributed by atoms with van der Waals surface area (Å²) in [6, 6.07) is 11.0. The molecule has 1 atom stereocenters. The maximum Gasteiger partial charge on any atom is 0.185 e. The number of hydrogen-bond donors (Lipinski definition) is 1. The minimum Gasteiger partial charge on any atom is -0.396 e. The Bertz CT molecular complexity index is 720. The highest BCUT2D eigenvalue weighted by molar-refractivity contribution is 7.15. The maximum absolute atomic E-state index is 9.56. The van der Waals surface area contributed by atoms with Crippen molar-refractivity contribution in [3.05, 3.63) is 47.0 Å². The van der Waals surface area contributed by atoms with Crippen molar-refractivity contribution in [2.24, 2.45) is 0 Å². The van der Waals surface area contributed by atoms with Crippen molar-refractivity contribution in [2.45, 2.75) is 25.6 Å². The second-order valence-corrected chi connectivity index (χ2v) is 8.66. The van der Waals surface area contributed by atoms with Gasteiger partial charge in [0.25, 0.3) is 0 Å². The van der Waals surface area contributed by atoms with Gasteiger partial charge in [-0.05, 0) is 12.0 Å². The zero-order valence-electron chi connectivity index (χ0n) is 16.4. The van der Waals surface area contributed by atoms with Crippen molar-refractivity contribution in [3.63, 3.8) is 0 Å². The summed E-state index contributed by atoms with van der Waals surface area (Å²) in [6.07, 6.45) is 2.86. The van der Waals surface area contributed by atoms with E-state index in [2.05, 4.69) is 50.0 Å². The normalized spacial score (nSPS) is 21.9. The van der Waals surface area contributed by atoms with Gasteiger partial charge in [0.15, 0.2) is 5.13 Å². The van der Waals surface area contributed by atoms with E-state index in [0.29, 0.717) is 6.04 Å². The molecule has 4 rings (SSSR count). The fraction of sp³-hybridized carbons (Fsp3) is 0.571. The quantitative estimate of drug-likeness (QED) is 0.765. The van der Waals surface area contributed by atoms with Crippen molar-refractivity contribution < 1.29 is 9.84 Å². The van der Waals surface area contributed by atoms with Crippen molar-refractivity contribution in [1.29, 1.82) is 0 Å². The fourth-order valence-corrected chi connectivity index (χ4v) is 5.05. The highest BCUT2D eigenvalue weighted by atomic mass is 32.1. The van der Waals surface area contributed by atoms with E-state index in [0.717, 1.165) is 70.6 Å². The maximum atomic E-state index is 9.56. The summed E-state index contributed by atoms with van der Waals surface area (Å²) in [4.78, 5) is 13.3. The average Bonchev–Trinajstić information content (AvgIpc) is 3.20. The van der Waals surface area contributed by atoms with Gasteiger partial charge in [-0.1, -0.05) is 30.3 Å². The number of ether oxygens (including phenoxy) is 1. The van der Waals surface area contributed by atoms with Crippen LogP contribution in [0.3, 0.4) is 0 Å². The molecule has 152 valence electrons. The van der Waals surface area contributed by atoms with Gasteiger partial charge in [0, 0.05) is 69.5 Å². The average molecular weight is 403 g/mol. The first-order valence-corrected chi connectivity index (χ1v) is 11.0. The van der Waals surface area contributed by atoms with Gasteiger partial charge in [-0.3, -0.25) is 9.80 Å². The molecule has 3 heterocycles. The number of morpholine rings is 1. The molecule has 0 radical (unpaired) electrons. The number of anilines is 1. The van der Waals surface area contributed by atoms with Gasteiger partial charge in [0.1, 0.15) is 0 Å². The Morgan fingerprint density at radius 3 is 2.68 bits per heavy atom. The Hall–Kier alpha value is -1.51. The van der Waals surface area contributed by atoms with Gasteiger partial charge in [-0.15, -0.1) is 11.3 Å². The number of aliphatic hydroxyl groups excluding tert-OH is 1. The second-order valence-electron chi connectivity index (χ2n) is 7.57. The topological polar surface area (TPSA) is 52.1 Å². The first-order chi connectivity index (χ1) is 13.8. The van der Waals surface area contributed by atoms with E-state index in [1.54, 1.807) is 11.3 Å². The molecular formula is C21H30N4O2S. The van der Waals surface area contributed by atoms with Crippen molar-refractivity contribution in [1.82, 2.24) is 14.8 Å². The number of hydrogen-bond acceptors (Lipinski definition) is 7. The van der Waals surface area contributed by atoms with Crippen LogP contribution >= 0.6 is 11.3 Å². The van der Waals surface area contributed by atoms with Crippen LogP contribution in [0.2, 0.25) is 0 Å². The van der Waals surface area contributed by atoms with Crippen LogP contribution in [-0.4, -0.2) is 78.5 Å². The molecule has 1 unspecified atom stereocenters. The molecule has 2 aliphatic heterocycles. The molecular weight excluding hydrogens is 372 g/mol. The highest BCUT2D eigenvalue weighted by Gasteiger charge is 2.27. The van der Waals surface area contributed by atoms with E-state index in [-0.39, 0.29) is 6.61 Å². The molecule has 0 spiro atoms. The molecule has 6 nitrogen and oxygen atoms in total. The lowest BCUT2D eigenvalue weighted by Gasteiger charge is -2.41. The number of piperazine rings is 1. The zero-order chi connectivity index (χ0) is 19.2. The summed E-state index contributed by atoms with van der Waals surface area (Å²) in [5.74, 6) is 0. The van der Waals surface area contributed by atoms with Crippen LogP contribution in [0, 0.1) is 0 Å². The van der Waals surface area contributed by atoms with E-state index < -0.39 is 0 Å². The number of nitrogens with zero attached hydrogens (tertiary/aromatic N) is 4. The molecule has 28 heavy (non-hydrogen) atoms. The number of aromatic nitrogens is 1. The number of thiazole rings is 1. The third kappa shape index (κ3) is 5.10. The summed E-state index contributed by atoms with van der Waals surface area (Å²) < 4.78 is 5.44. The van der Waals surface area contributed by atoms with Gasteiger partial charge in [-0.25, -0.2) is 4.98 Å². The summed E-state index contributed by atoms with van der Waals surface area (Å²) in [5, 5.41) is 10.7. The molecule has 0 bridgehead atoms. The van der Waals surface area contributed by atoms with Crippen LogP contribution in [0.1, 0.15) is 16.9 Å². The predicted octanol–water partition coefficient (Wildman–Crippen LogP) is 2.05. The summed E-state index contributed by atoms with van der Waals surface area (Å²) >= 11 is 1.81. The van der Waals surface area contributed by atoms with E-state index in [1.807, 2.05) is 6.20 Å². The van der Waals surface area contributed by atoms with Crippen LogP contribution in [0.25, 0.3) is 0 Å². The van der Waals surface area contributed by atoms with Crippen molar-refractivity contribution >= 4 is 16.5 Å². The van der Waals surface area contributed by atoms with Crippen LogP contribution < -0.4 is 4.90 Å². The largest absolute Gasteiger partial charge is 0.396 e. The van der Waals surface area contributed by atoms with Crippen molar-refractivity contribution in [3.8, 4) is 0 Å². The standard InChI is InChI=1S/C21H30N4O2S/c26-11-6-19-16-23(7-8-25(19)15-18-4-2-1-3-5-18)17-20-14-22-21(28-20)24-9-12-27-13-10-24/h1-5,14,19,26H,6-13,15-17H2. The Kier molecular flexibility index (Phi) is 6.93. The Morgan fingerprint density at radius 1 is 1.07 bits per heavy atom. The summed E-state index contributed by atoms with van der Waals surface area (Å²) in [5.41, 5.74) is 1.34. The lowest BCUT2D eigenvalue weighted by atomic mass is 10.1. The Labute approximate surface area is 171 Å². The molecule has 7 heteroatoms. The SMILES string of the molecule is OCCC1CN(Cc2cnc(N3CCOCC3)s2)CCN1Cc1ccccc1. The molecule has 1 N–H and O–H groups in total. The van der Waals surface area contributed by atoms with Gasteiger partial charge >= 0.3 is 0 Å². The Balaban J connectivity index is 1.34. The number of rotatable bonds is 7. The first kappa shape index (κ1) is 19.8. The summed E-state index contributed by atoms with van der Waals surface area (Å²) in [6.45, 7) is 8.69. The van der Waals surface area contributed by atoms with Crippen LogP contribution in [-0.2, 0) is 17.8 Å². The van der Waals surface area contributed by atoms with E-state index in [1.165, 1.54) is 10.4 Å². The zero-order valence-corrected chi connectivity index (χ0v) is 17.2. The second kappa shape index (κ2) is 9.80. The number of aliphatic hydroxyl groups is 1. The van der Waals surface area contributed by atoms with Gasteiger partial charge < -0.3 is 14.7 Å². The highest BCUT2D eigenvalue weighted by Crippen LogP contribution is 2.26. The molecule has 0 amide bonds. The minimum absolute atomic E-state index is 0.242. The minimum atomic E-state index is 0.242. The third-order valence-electron chi connectivity index (χ3n) is 5.58. The third-order valence-corrected chi connectivity index (χ3v) is 6.62. The summed E-state index contributed by atoms with van der Waals surface area (Å²) in [7, 11) is 0. The van der Waals surface area contributed by atoms with Gasteiger partial charge in [0.2, 0.25) is 0 Å². The van der Waals surface area contributed by atoms with Crippen molar-refractivity contribution in [2.75, 3.05) is 57.4 Å². The van der Waals surface area contributed by atoms with Crippen LogP contribution in [0.5, 0.6) is 0 Å². The lowest BCUT2D eigenvalue weighted by Crippen LogP contribution is -2.52. The predicted molar refractivity (Wildman–Crippen MR) is 113 cm³/mol.